The molecule has 11 nitrogen and oxygen atoms in total. The fourth-order valence-electron chi connectivity index (χ4n) is 3.52. The molecule has 2 rings (SSSR count). The van der Waals surface area contributed by atoms with Gasteiger partial charge in [-0.2, -0.15) is 8.42 Å². The first-order valence-electron chi connectivity index (χ1n) is 10.7. The van der Waals surface area contributed by atoms with Gasteiger partial charge in [-0.05, 0) is 30.7 Å². The van der Waals surface area contributed by atoms with Crippen molar-refractivity contribution in [3.63, 3.8) is 0 Å². The van der Waals surface area contributed by atoms with Crippen molar-refractivity contribution >= 4 is 28.0 Å². The first-order valence-corrected chi connectivity index (χ1v) is 12.2. The molecule has 1 aromatic carbocycles. The number of hydrogen-bond acceptors (Lipinski definition) is 7. The van der Waals surface area contributed by atoms with E-state index in [1.54, 1.807) is 24.3 Å². The molecule has 0 saturated carbocycles. The Hall–Kier alpha value is -1.70. The maximum Gasteiger partial charge on any atom is 1.00 e. The summed E-state index contributed by atoms with van der Waals surface area (Å²) in [5.41, 5.74) is -1.58. The second-order valence-electron chi connectivity index (χ2n) is 8.42. The molecule has 0 spiro atoms. The third-order valence-corrected chi connectivity index (χ3v) is 6.15. The van der Waals surface area contributed by atoms with Crippen LogP contribution in [-0.2, 0) is 31.1 Å². The molecule has 1 aliphatic heterocycles. The summed E-state index contributed by atoms with van der Waals surface area (Å²) in [6, 6.07) is 6.38. The minimum atomic E-state index is -4.92. The molecule has 1 saturated heterocycles. The number of carbonyl (C=O) groups is 3. The smallest absolute Gasteiger partial charge is 1.00 e. The third kappa shape index (κ3) is 9.88. The number of benzene rings is 1. The van der Waals surface area contributed by atoms with Crippen LogP contribution in [0.4, 0.5) is 4.79 Å². The van der Waals surface area contributed by atoms with Gasteiger partial charge in [0.25, 0.3) is 10.1 Å². The fraction of sp³-hybridized carbons (Fsp3) is 0.571. The number of aliphatic hydroxyl groups is 1. The summed E-state index contributed by atoms with van der Waals surface area (Å²) in [4.78, 5) is 37.1. The molecule has 34 heavy (non-hydrogen) atoms. The van der Waals surface area contributed by atoms with Crippen LogP contribution in [-0.4, -0.2) is 60.0 Å². The van der Waals surface area contributed by atoms with Crippen molar-refractivity contribution in [3.05, 3.63) is 35.9 Å². The molecule has 1 fully saturated rings. The van der Waals surface area contributed by atoms with E-state index in [9.17, 15) is 32.5 Å². The van der Waals surface area contributed by atoms with Crippen LogP contribution >= 0.6 is 0 Å². The Labute approximate surface area is 222 Å². The van der Waals surface area contributed by atoms with Crippen LogP contribution in [0.3, 0.4) is 0 Å². The predicted octanol–water partition coefficient (Wildman–Crippen LogP) is -2.34. The Morgan fingerprint density at radius 3 is 2.41 bits per heavy atom. The predicted molar refractivity (Wildman–Crippen MR) is 119 cm³/mol. The van der Waals surface area contributed by atoms with E-state index in [0.717, 1.165) is 5.56 Å². The summed E-state index contributed by atoms with van der Waals surface area (Å²) in [5, 5.41) is 17.5. The first-order chi connectivity index (χ1) is 15.5. The summed E-state index contributed by atoms with van der Waals surface area (Å²) in [5.74, 6) is -1.77. The molecule has 5 N–H and O–H groups in total. The number of carbonyl (C=O) groups excluding carboxylic acids is 3. The van der Waals surface area contributed by atoms with Gasteiger partial charge in [0.2, 0.25) is 17.3 Å². The Balaban J connectivity index is 0.00000578. The average molecular weight is 510 g/mol. The monoisotopic (exact) mass is 509 g/mol. The largest absolute Gasteiger partial charge is 1.00 e. The van der Waals surface area contributed by atoms with E-state index in [2.05, 4.69) is 16.0 Å². The topological polar surface area (TPSA) is 171 Å². The minimum Gasteiger partial charge on any atom is -1.00 e. The SMILES string of the molecule is CC(C)C[C@H](NC(=O)OCc1ccccc1)C(=O)N[C@@H](CC1CCNC1=O)C(O)S(=O)(=O)O.[H-].[Na+]. The van der Waals surface area contributed by atoms with Gasteiger partial charge in [0.15, 0.2) is 0 Å². The molecule has 0 radical (unpaired) electrons. The number of ether oxygens (including phenoxy) is 1. The van der Waals surface area contributed by atoms with E-state index in [0.29, 0.717) is 13.0 Å². The minimum absolute atomic E-state index is 0. The zero-order valence-corrected chi connectivity index (χ0v) is 22.4. The van der Waals surface area contributed by atoms with Gasteiger partial charge < -0.3 is 27.2 Å². The summed E-state index contributed by atoms with van der Waals surface area (Å²) < 4.78 is 37.5. The van der Waals surface area contributed by atoms with Crippen LogP contribution in [0.5, 0.6) is 0 Å². The molecule has 1 aliphatic rings. The van der Waals surface area contributed by atoms with Gasteiger partial charge in [-0.25, -0.2) is 4.79 Å². The molecule has 3 amide bonds. The van der Waals surface area contributed by atoms with Crippen molar-refractivity contribution in [1.29, 1.82) is 0 Å². The van der Waals surface area contributed by atoms with Crippen LogP contribution in [0.15, 0.2) is 30.3 Å². The number of aliphatic hydroxyl groups excluding tert-OH is 1. The van der Waals surface area contributed by atoms with Crippen molar-refractivity contribution in [3.8, 4) is 0 Å². The van der Waals surface area contributed by atoms with E-state index < -0.39 is 45.6 Å². The number of hydrogen-bond donors (Lipinski definition) is 5. The number of rotatable bonds is 11. The Kier molecular flexibility index (Phi) is 12.5. The molecular weight excluding hydrogens is 477 g/mol. The summed E-state index contributed by atoms with van der Waals surface area (Å²) in [7, 11) is -4.92. The van der Waals surface area contributed by atoms with Crippen LogP contribution < -0.4 is 45.5 Å². The number of amides is 3. The molecule has 4 atom stereocenters. The normalized spacial score (nSPS) is 18.3. The van der Waals surface area contributed by atoms with Gasteiger partial charge in [0.05, 0.1) is 6.04 Å². The maximum atomic E-state index is 12.9. The molecule has 186 valence electrons. The molecular formula is C21H32N3NaO8S. The van der Waals surface area contributed by atoms with Crippen molar-refractivity contribution in [2.24, 2.45) is 11.8 Å². The van der Waals surface area contributed by atoms with Gasteiger partial charge in [-0.15, -0.1) is 0 Å². The van der Waals surface area contributed by atoms with E-state index in [-0.39, 0.29) is 62.3 Å². The zero-order chi connectivity index (χ0) is 24.6. The second kappa shape index (κ2) is 14.0. The molecule has 1 aromatic rings. The third-order valence-electron chi connectivity index (χ3n) is 5.21. The van der Waals surface area contributed by atoms with E-state index in [1.165, 1.54) is 0 Å². The van der Waals surface area contributed by atoms with E-state index >= 15 is 0 Å². The van der Waals surface area contributed by atoms with Crippen molar-refractivity contribution in [1.82, 2.24) is 16.0 Å². The number of nitrogens with one attached hydrogen (secondary N) is 3. The van der Waals surface area contributed by atoms with Gasteiger partial charge in [-0.1, -0.05) is 44.2 Å². The van der Waals surface area contributed by atoms with Crippen molar-refractivity contribution < 1.29 is 68.2 Å². The van der Waals surface area contributed by atoms with Crippen molar-refractivity contribution in [2.75, 3.05) is 6.54 Å². The van der Waals surface area contributed by atoms with Crippen LogP contribution in [0, 0.1) is 11.8 Å². The summed E-state index contributed by atoms with van der Waals surface area (Å²) in [6.45, 7) is 4.02. The molecule has 2 unspecified atom stereocenters. The maximum absolute atomic E-state index is 12.9. The molecule has 0 aromatic heterocycles. The van der Waals surface area contributed by atoms with E-state index in [4.69, 9.17) is 4.74 Å². The quantitative estimate of drug-likeness (QED) is 0.163. The van der Waals surface area contributed by atoms with Crippen molar-refractivity contribution in [2.45, 2.75) is 57.2 Å². The Bertz CT molecular complexity index is 936. The Morgan fingerprint density at radius 2 is 1.88 bits per heavy atom. The van der Waals surface area contributed by atoms with E-state index in [1.807, 2.05) is 19.9 Å². The van der Waals surface area contributed by atoms with Gasteiger partial charge >= 0.3 is 35.7 Å². The molecule has 0 aliphatic carbocycles. The second-order valence-corrected chi connectivity index (χ2v) is 9.93. The molecule has 1 heterocycles. The van der Waals surface area contributed by atoms with Gasteiger partial charge in [0, 0.05) is 12.5 Å². The molecule has 0 bridgehead atoms. The van der Waals surface area contributed by atoms with Crippen LogP contribution in [0.1, 0.15) is 40.1 Å². The summed E-state index contributed by atoms with van der Waals surface area (Å²) in [6.07, 6.45) is -0.458. The van der Waals surface area contributed by atoms with Gasteiger partial charge in [-0.3, -0.25) is 14.1 Å². The molecule has 13 heteroatoms. The zero-order valence-electron chi connectivity index (χ0n) is 20.6. The Morgan fingerprint density at radius 1 is 1.24 bits per heavy atom. The van der Waals surface area contributed by atoms with Crippen LogP contribution in [0.2, 0.25) is 0 Å². The number of alkyl carbamates (subject to hydrolysis) is 1. The average Bonchev–Trinajstić information content (AvgIpc) is 3.14. The van der Waals surface area contributed by atoms with Crippen LogP contribution in [0.25, 0.3) is 0 Å². The standard InChI is InChI=1S/C21H31N3O8S.Na.H/c1-13(2)10-16(24-21(28)32-12-14-6-4-3-5-7-14)19(26)23-17(20(27)33(29,30)31)11-15-8-9-22-18(15)25;;/h3-7,13,15-17,20,27H,8-12H2,1-2H3,(H,22,25)(H,23,26)(H,24,28)(H,29,30,31);;/q;+1;-1/t15?,16-,17-,20?;;/m0../s1. The fourth-order valence-corrected chi connectivity index (χ4v) is 4.12. The summed E-state index contributed by atoms with van der Waals surface area (Å²) >= 11 is 0. The van der Waals surface area contributed by atoms with Gasteiger partial charge in [0.1, 0.15) is 12.6 Å². The first kappa shape index (κ1) is 30.3.